The lowest BCUT2D eigenvalue weighted by atomic mass is 10.2. The number of nitrogens with zero attached hydrogens (tertiary/aromatic N) is 1. The van der Waals surface area contributed by atoms with E-state index < -0.39 is 28.4 Å². The van der Waals surface area contributed by atoms with Crippen LogP contribution in [0.15, 0.2) is 58.3 Å². The summed E-state index contributed by atoms with van der Waals surface area (Å²) >= 11 is 12.3. The molecule has 7 nitrogen and oxygen atoms in total. The first-order valence-electron chi connectivity index (χ1n) is 8.54. The summed E-state index contributed by atoms with van der Waals surface area (Å²) in [7, 11) is -3.94. The molecule has 30 heavy (non-hydrogen) atoms. The third-order valence-electron chi connectivity index (χ3n) is 4.02. The zero-order valence-electron chi connectivity index (χ0n) is 15.6. The average molecular weight is 482 g/mol. The largest absolute Gasteiger partial charge is 0.283 e. The fraction of sp³-hybridized carbons (Fsp3) is 0.105. The number of amides is 2. The van der Waals surface area contributed by atoms with Crippen LogP contribution in [0.5, 0.6) is 0 Å². The summed E-state index contributed by atoms with van der Waals surface area (Å²) in [5, 5.41) is 0.478. The van der Waals surface area contributed by atoms with E-state index in [0.717, 1.165) is 22.2 Å². The molecule has 0 bridgehead atoms. The van der Waals surface area contributed by atoms with E-state index >= 15 is 0 Å². The lowest BCUT2D eigenvalue weighted by molar-refractivity contribution is -0.128. The number of aryl methyl sites for hydroxylation is 1. The summed E-state index contributed by atoms with van der Waals surface area (Å²) in [6.45, 7) is 1.40. The summed E-state index contributed by atoms with van der Waals surface area (Å²) < 4.78 is 24.7. The van der Waals surface area contributed by atoms with Crippen molar-refractivity contribution in [1.29, 1.82) is 0 Å². The Labute approximate surface area is 188 Å². The van der Waals surface area contributed by atoms with E-state index in [9.17, 15) is 18.0 Å². The third-order valence-corrected chi connectivity index (χ3v) is 7.01. The maximum Gasteiger partial charge on any atom is 0.266 e. The Hall–Kier alpha value is -2.24. The quantitative estimate of drug-likeness (QED) is 0.374. The number of halogens is 1. The predicted octanol–water partition coefficient (Wildman–Crippen LogP) is 2.86. The standard InChI is InChI=1S/C19H16ClN3O4S3/c1-12-6-8-14(9-7-12)30(26,27)22-21-17(24)11-23-18(25)16(29-19(23)28)10-13-4-2-3-5-15(13)20/h2-10,22H,11H2,1H3,(H,21,24). The maximum absolute atomic E-state index is 12.6. The molecule has 2 amide bonds. The molecule has 0 aromatic heterocycles. The fourth-order valence-electron chi connectivity index (χ4n) is 2.45. The van der Waals surface area contributed by atoms with Crippen molar-refractivity contribution < 1.29 is 18.0 Å². The number of rotatable bonds is 6. The van der Waals surface area contributed by atoms with Crippen LogP contribution in [0.2, 0.25) is 5.02 Å². The molecule has 156 valence electrons. The summed E-state index contributed by atoms with van der Waals surface area (Å²) in [6.07, 6.45) is 1.60. The van der Waals surface area contributed by atoms with Gasteiger partial charge in [0.25, 0.3) is 21.8 Å². The van der Waals surface area contributed by atoms with Crippen molar-refractivity contribution in [2.45, 2.75) is 11.8 Å². The lowest BCUT2D eigenvalue weighted by Gasteiger charge is -2.14. The first-order chi connectivity index (χ1) is 14.2. The van der Waals surface area contributed by atoms with Gasteiger partial charge in [0.15, 0.2) is 0 Å². The van der Waals surface area contributed by atoms with Gasteiger partial charge in [-0.1, -0.05) is 71.5 Å². The van der Waals surface area contributed by atoms with Crippen LogP contribution in [0.1, 0.15) is 11.1 Å². The van der Waals surface area contributed by atoms with Crippen molar-refractivity contribution >= 4 is 67.8 Å². The topological polar surface area (TPSA) is 95.6 Å². The number of thiocarbonyl (C=S) groups is 1. The third kappa shape index (κ3) is 5.27. The van der Waals surface area contributed by atoms with Gasteiger partial charge in [-0.2, -0.15) is 0 Å². The van der Waals surface area contributed by atoms with E-state index in [4.69, 9.17) is 23.8 Å². The highest BCUT2D eigenvalue weighted by molar-refractivity contribution is 8.26. The molecule has 1 fully saturated rings. The van der Waals surface area contributed by atoms with Crippen LogP contribution in [0, 0.1) is 6.92 Å². The normalized spacial score (nSPS) is 15.7. The van der Waals surface area contributed by atoms with E-state index in [2.05, 4.69) is 5.43 Å². The number of hydrogen-bond acceptors (Lipinski definition) is 6. The monoisotopic (exact) mass is 481 g/mol. The Balaban J connectivity index is 1.64. The maximum atomic E-state index is 12.6. The minimum absolute atomic E-state index is 0.00156. The molecule has 1 aliphatic heterocycles. The molecule has 0 unspecified atom stereocenters. The molecule has 1 aliphatic rings. The van der Waals surface area contributed by atoms with Crippen molar-refractivity contribution in [3.63, 3.8) is 0 Å². The molecule has 0 saturated carbocycles. The van der Waals surface area contributed by atoms with Gasteiger partial charge in [-0.15, -0.1) is 4.83 Å². The minimum Gasteiger partial charge on any atom is -0.283 e. The molecule has 0 aliphatic carbocycles. The van der Waals surface area contributed by atoms with E-state index in [1.165, 1.54) is 12.1 Å². The highest BCUT2D eigenvalue weighted by atomic mass is 35.5. The number of hydrogen-bond donors (Lipinski definition) is 2. The number of sulfonamides is 1. The molecule has 0 radical (unpaired) electrons. The zero-order chi connectivity index (χ0) is 21.9. The summed E-state index contributed by atoms with van der Waals surface area (Å²) in [4.78, 5) is 28.2. The van der Waals surface area contributed by atoms with Crippen molar-refractivity contribution in [1.82, 2.24) is 15.2 Å². The van der Waals surface area contributed by atoms with E-state index in [1.54, 1.807) is 42.5 Å². The lowest BCUT2D eigenvalue weighted by Crippen LogP contribution is -2.47. The van der Waals surface area contributed by atoms with Crippen LogP contribution in [0.4, 0.5) is 0 Å². The van der Waals surface area contributed by atoms with Crippen molar-refractivity contribution in [2.24, 2.45) is 0 Å². The Kier molecular flexibility index (Phi) is 6.94. The Morgan fingerprint density at radius 1 is 1.20 bits per heavy atom. The molecular weight excluding hydrogens is 466 g/mol. The SMILES string of the molecule is Cc1ccc(S(=O)(=O)NNC(=O)CN2C(=O)C(=Cc3ccccc3Cl)SC2=S)cc1. The number of thioether (sulfide) groups is 1. The number of carbonyl (C=O) groups is 2. The van der Waals surface area contributed by atoms with Crippen LogP contribution < -0.4 is 10.3 Å². The molecule has 2 aromatic carbocycles. The number of carbonyl (C=O) groups excluding carboxylic acids is 2. The van der Waals surface area contributed by atoms with E-state index in [0.29, 0.717) is 15.5 Å². The molecule has 0 atom stereocenters. The van der Waals surface area contributed by atoms with Crippen molar-refractivity contribution in [3.05, 3.63) is 69.6 Å². The van der Waals surface area contributed by atoms with Gasteiger partial charge in [0.2, 0.25) is 0 Å². The van der Waals surface area contributed by atoms with Gasteiger partial charge < -0.3 is 0 Å². The second-order valence-corrected chi connectivity index (χ2v) is 10.0. The minimum atomic E-state index is -3.94. The van der Waals surface area contributed by atoms with Crippen LogP contribution >= 0.6 is 35.6 Å². The van der Waals surface area contributed by atoms with Crippen LogP contribution in [0.25, 0.3) is 6.08 Å². The molecule has 2 aromatic rings. The fourth-order valence-corrected chi connectivity index (χ4v) is 4.75. The van der Waals surface area contributed by atoms with Gasteiger partial charge in [0.1, 0.15) is 10.9 Å². The van der Waals surface area contributed by atoms with Gasteiger partial charge in [0, 0.05) is 5.02 Å². The second kappa shape index (κ2) is 9.27. The first-order valence-corrected chi connectivity index (χ1v) is 11.6. The molecular formula is C19H16ClN3O4S3. The molecule has 3 rings (SSSR count). The molecule has 2 N–H and O–H groups in total. The highest BCUT2D eigenvalue weighted by Crippen LogP contribution is 2.33. The van der Waals surface area contributed by atoms with Crippen molar-refractivity contribution in [3.8, 4) is 0 Å². The first kappa shape index (κ1) is 22.4. The van der Waals surface area contributed by atoms with Crippen LogP contribution in [-0.2, 0) is 19.6 Å². The van der Waals surface area contributed by atoms with Crippen LogP contribution in [-0.4, -0.2) is 36.0 Å². The summed E-state index contributed by atoms with van der Waals surface area (Å²) in [6, 6.07) is 13.1. The van der Waals surface area contributed by atoms with Gasteiger partial charge in [-0.3, -0.25) is 19.9 Å². The number of benzene rings is 2. The Morgan fingerprint density at radius 2 is 1.87 bits per heavy atom. The van der Waals surface area contributed by atoms with Crippen molar-refractivity contribution in [2.75, 3.05) is 6.54 Å². The molecule has 1 heterocycles. The number of nitrogens with one attached hydrogen (secondary N) is 2. The predicted molar refractivity (Wildman–Crippen MR) is 121 cm³/mol. The van der Waals surface area contributed by atoms with Gasteiger partial charge in [0.05, 0.1) is 9.80 Å². The van der Waals surface area contributed by atoms with Gasteiger partial charge >= 0.3 is 0 Å². The molecule has 0 spiro atoms. The zero-order valence-corrected chi connectivity index (χ0v) is 18.8. The Morgan fingerprint density at radius 3 is 2.53 bits per heavy atom. The Bertz CT molecular complexity index is 1150. The smallest absolute Gasteiger partial charge is 0.266 e. The van der Waals surface area contributed by atoms with Gasteiger partial charge in [-0.25, -0.2) is 8.42 Å². The molecule has 1 saturated heterocycles. The van der Waals surface area contributed by atoms with Crippen LogP contribution in [0.3, 0.4) is 0 Å². The summed E-state index contributed by atoms with van der Waals surface area (Å²) in [5.41, 5.74) is 3.65. The molecule has 11 heteroatoms. The average Bonchev–Trinajstić information content (AvgIpc) is 2.96. The van der Waals surface area contributed by atoms with E-state index in [-0.39, 0.29) is 9.22 Å². The van der Waals surface area contributed by atoms with E-state index in [1.807, 2.05) is 11.8 Å². The van der Waals surface area contributed by atoms with Gasteiger partial charge in [-0.05, 0) is 36.8 Å². The highest BCUT2D eigenvalue weighted by Gasteiger charge is 2.33. The second-order valence-electron chi connectivity index (χ2n) is 6.26. The number of hydrazine groups is 1. The summed E-state index contributed by atoms with van der Waals surface area (Å²) in [5.74, 6) is -1.19.